The van der Waals surface area contributed by atoms with Crippen LogP contribution >= 0.6 is 11.3 Å². The molecule has 3 rings (SSSR count). The number of methoxy groups -OCH3 is 1. The maximum atomic E-state index is 12.9. The lowest BCUT2D eigenvalue weighted by atomic mass is 10.1. The summed E-state index contributed by atoms with van der Waals surface area (Å²) < 4.78 is 5.14. The van der Waals surface area contributed by atoms with Crippen molar-refractivity contribution in [2.75, 3.05) is 12.4 Å². The normalized spacial score (nSPS) is 11.4. The fraction of sp³-hybridized carbons (Fsp3) is 0.100. The van der Waals surface area contributed by atoms with Crippen molar-refractivity contribution in [2.45, 2.75) is 6.17 Å². The molecule has 2 N–H and O–H groups in total. The van der Waals surface area contributed by atoms with E-state index in [4.69, 9.17) is 4.74 Å². The van der Waals surface area contributed by atoms with E-state index in [9.17, 15) is 9.59 Å². The second-order valence-corrected chi connectivity index (χ2v) is 6.43. The molecule has 1 atom stereocenters. The van der Waals surface area contributed by atoms with Gasteiger partial charge in [0.25, 0.3) is 5.91 Å². The molecule has 3 aromatic rings. The number of anilines is 1. The highest BCUT2D eigenvalue weighted by Gasteiger charge is 2.23. The highest BCUT2D eigenvalue weighted by molar-refractivity contribution is 7.12. The Morgan fingerprint density at radius 3 is 2.31 bits per heavy atom. The van der Waals surface area contributed by atoms with Crippen molar-refractivity contribution in [3.8, 4) is 5.75 Å². The van der Waals surface area contributed by atoms with E-state index in [1.54, 1.807) is 67.8 Å². The molecular weight excluding hydrogens is 348 g/mol. The Labute approximate surface area is 155 Å². The molecule has 2 aromatic carbocycles. The quantitative estimate of drug-likeness (QED) is 0.493. The van der Waals surface area contributed by atoms with Gasteiger partial charge >= 0.3 is 0 Å². The predicted octanol–water partition coefficient (Wildman–Crippen LogP) is 3.81. The summed E-state index contributed by atoms with van der Waals surface area (Å²) in [6.07, 6.45) is -0.889. The van der Waals surface area contributed by atoms with Gasteiger partial charge in [0.1, 0.15) is 5.75 Å². The Morgan fingerprint density at radius 2 is 1.69 bits per heavy atom. The monoisotopic (exact) mass is 366 g/mol. The van der Waals surface area contributed by atoms with Gasteiger partial charge in [-0.3, -0.25) is 9.59 Å². The summed E-state index contributed by atoms with van der Waals surface area (Å²) in [7, 11) is 1.59. The van der Waals surface area contributed by atoms with Gasteiger partial charge in [0.15, 0.2) is 6.17 Å². The molecule has 0 saturated heterocycles. The molecule has 0 spiro atoms. The summed E-state index contributed by atoms with van der Waals surface area (Å²) in [5, 5.41) is 7.68. The van der Waals surface area contributed by atoms with E-state index < -0.39 is 6.17 Å². The summed E-state index contributed by atoms with van der Waals surface area (Å²) >= 11 is 1.32. The van der Waals surface area contributed by atoms with Crippen LogP contribution in [0.5, 0.6) is 5.75 Å². The average Bonchev–Trinajstić information content (AvgIpc) is 3.23. The molecule has 0 fully saturated rings. The molecule has 0 saturated carbocycles. The van der Waals surface area contributed by atoms with E-state index in [-0.39, 0.29) is 11.7 Å². The summed E-state index contributed by atoms with van der Waals surface area (Å²) in [6.45, 7) is 0. The Bertz CT molecular complexity index is 862. The van der Waals surface area contributed by atoms with Gasteiger partial charge in [-0.2, -0.15) is 0 Å². The number of nitrogens with one attached hydrogen (secondary N) is 2. The topological polar surface area (TPSA) is 67.4 Å². The average molecular weight is 366 g/mol. The minimum Gasteiger partial charge on any atom is -0.497 e. The Balaban J connectivity index is 1.82. The largest absolute Gasteiger partial charge is 0.497 e. The summed E-state index contributed by atoms with van der Waals surface area (Å²) in [5.74, 6) is 0.200. The number of rotatable bonds is 7. The van der Waals surface area contributed by atoms with Crippen molar-refractivity contribution in [3.05, 3.63) is 82.6 Å². The van der Waals surface area contributed by atoms with Crippen molar-refractivity contribution >= 4 is 28.7 Å². The Kier molecular flexibility index (Phi) is 5.66. The van der Waals surface area contributed by atoms with Crippen LogP contribution < -0.4 is 15.4 Å². The number of hydrogen-bond acceptors (Lipinski definition) is 5. The maximum Gasteiger partial charge on any atom is 0.263 e. The highest BCUT2D eigenvalue weighted by Crippen LogP contribution is 2.17. The van der Waals surface area contributed by atoms with Crippen molar-refractivity contribution in [1.82, 2.24) is 5.32 Å². The van der Waals surface area contributed by atoms with Gasteiger partial charge in [-0.25, -0.2) is 0 Å². The molecule has 1 heterocycles. The zero-order valence-electron chi connectivity index (χ0n) is 14.1. The predicted molar refractivity (Wildman–Crippen MR) is 103 cm³/mol. The van der Waals surface area contributed by atoms with Crippen molar-refractivity contribution < 1.29 is 14.3 Å². The summed E-state index contributed by atoms with van der Waals surface area (Å²) in [4.78, 5) is 25.9. The molecule has 26 heavy (non-hydrogen) atoms. The molecule has 0 bridgehead atoms. The molecule has 0 radical (unpaired) electrons. The first kappa shape index (κ1) is 17.7. The number of carbonyl (C=O) groups is 2. The van der Waals surface area contributed by atoms with Gasteiger partial charge in [0.05, 0.1) is 12.0 Å². The van der Waals surface area contributed by atoms with Crippen LogP contribution in [0.4, 0.5) is 5.69 Å². The van der Waals surface area contributed by atoms with Crippen molar-refractivity contribution in [3.63, 3.8) is 0 Å². The molecule has 1 aromatic heterocycles. The minimum absolute atomic E-state index is 0.216. The van der Waals surface area contributed by atoms with Crippen molar-refractivity contribution in [1.29, 1.82) is 0 Å². The SMILES string of the molecule is COc1ccc(NC(NC(=O)c2cccs2)C(=O)c2ccccc2)cc1. The van der Waals surface area contributed by atoms with Gasteiger partial charge in [-0.15, -0.1) is 11.3 Å². The van der Waals surface area contributed by atoms with Gasteiger partial charge in [0, 0.05) is 11.3 Å². The van der Waals surface area contributed by atoms with Crippen LogP contribution in [0.15, 0.2) is 72.1 Å². The van der Waals surface area contributed by atoms with Crippen LogP contribution in [0.25, 0.3) is 0 Å². The van der Waals surface area contributed by atoms with E-state index in [0.717, 1.165) is 0 Å². The number of ketones is 1. The summed E-state index contributed by atoms with van der Waals surface area (Å²) in [6, 6.07) is 19.5. The molecular formula is C20H18N2O3S. The molecule has 0 aliphatic heterocycles. The van der Waals surface area contributed by atoms with Gasteiger partial charge < -0.3 is 15.4 Å². The van der Waals surface area contributed by atoms with Gasteiger partial charge in [-0.05, 0) is 35.7 Å². The first-order valence-electron chi connectivity index (χ1n) is 8.01. The standard InChI is InChI=1S/C20H18N2O3S/c1-25-16-11-9-15(10-12-16)21-19(18(23)14-6-3-2-4-7-14)22-20(24)17-8-5-13-26-17/h2-13,19,21H,1H3,(H,22,24). The number of hydrogen-bond donors (Lipinski definition) is 2. The lowest BCUT2D eigenvalue weighted by Gasteiger charge is -2.20. The van der Waals surface area contributed by atoms with E-state index in [1.807, 2.05) is 11.4 Å². The molecule has 5 nitrogen and oxygen atoms in total. The van der Waals surface area contributed by atoms with Crippen LogP contribution in [-0.2, 0) is 0 Å². The number of benzene rings is 2. The number of carbonyl (C=O) groups excluding carboxylic acids is 2. The number of thiophene rings is 1. The van der Waals surface area contributed by atoms with E-state index in [0.29, 0.717) is 21.9 Å². The van der Waals surface area contributed by atoms with E-state index in [2.05, 4.69) is 10.6 Å². The molecule has 1 unspecified atom stereocenters. The second-order valence-electron chi connectivity index (χ2n) is 5.49. The van der Waals surface area contributed by atoms with Crippen LogP contribution in [-0.4, -0.2) is 25.0 Å². The fourth-order valence-electron chi connectivity index (χ4n) is 2.40. The second kappa shape index (κ2) is 8.31. The zero-order chi connectivity index (χ0) is 18.4. The zero-order valence-corrected chi connectivity index (χ0v) is 15.0. The third-order valence-electron chi connectivity index (χ3n) is 3.74. The summed E-state index contributed by atoms with van der Waals surface area (Å²) in [5.41, 5.74) is 1.22. The van der Waals surface area contributed by atoms with Crippen LogP contribution in [0.3, 0.4) is 0 Å². The number of amides is 1. The fourth-order valence-corrected chi connectivity index (χ4v) is 3.03. The first-order chi connectivity index (χ1) is 12.7. The molecule has 132 valence electrons. The molecule has 6 heteroatoms. The van der Waals surface area contributed by atoms with Gasteiger partial charge in [0.2, 0.25) is 5.78 Å². The number of Topliss-reactive ketones (excluding diaryl/α,β-unsaturated/α-hetero) is 1. The van der Waals surface area contributed by atoms with E-state index in [1.165, 1.54) is 11.3 Å². The van der Waals surface area contributed by atoms with Crippen LogP contribution in [0.2, 0.25) is 0 Å². The highest BCUT2D eigenvalue weighted by atomic mass is 32.1. The Morgan fingerprint density at radius 1 is 0.962 bits per heavy atom. The van der Waals surface area contributed by atoms with Crippen LogP contribution in [0, 0.1) is 0 Å². The molecule has 0 aliphatic rings. The molecule has 0 aliphatic carbocycles. The smallest absolute Gasteiger partial charge is 0.263 e. The maximum absolute atomic E-state index is 12.9. The van der Waals surface area contributed by atoms with Gasteiger partial charge in [-0.1, -0.05) is 36.4 Å². The van der Waals surface area contributed by atoms with Crippen LogP contribution in [0.1, 0.15) is 20.0 Å². The van der Waals surface area contributed by atoms with E-state index >= 15 is 0 Å². The van der Waals surface area contributed by atoms with Crippen molar-refractivity contribution in [2.24, 2.45) is 0 Å². The lowest BCUT2D eigenvalue weighted by molar-refractivity contribution is 0.0872. The number of ether oxygens (including phenoxy) is 1. The molecule has 1 amide bonds. The third kappa shape index (κ3) is 4.29. The third-order valence-corrected chi connectivity index (χ3v) is 4.61. The lowest BCUT2D eigenvalue weighted by Crippen LogP contribution is -2.46. The first-order valence-corrected chi connectivity index (χ1v) is 8.89. The Hall–Kier alpha value is -3.12. The minimum atomic E-state index is -0.889.